The molecule has 0 aliphatic heterocycles. The van der Waals surface area contributed by atoms with Gasteiger partial charge in [0.2, 0.25) is 0 Å². The molecule has 1 heterocycles. The lowest BCUT2D eigenvalue weighted by atomic mass is 10.0. The van der Waals surface area contributed by atoms with Crippen LogP contribution in [-0.4, -0.2) is 5.78 Å². The van der Waals surface area contributed by atoms with Gasteiger partial charge in [0.25, 0.3) is 0 Å². The largest absolute Gasteiger partial charge is 0.488 e. The van der Waals surface area contributed by atoms with Gasteiger partial charge in [-0.2, -0.15) is 0 Å². The maximum absolute atomic E-state index is 11.8. The average Bonchev–Trinajstić information content (AvgIpc) is 2.55. The van der Waals surface area contributed by atoms with Crippen LogP contribution in [0.3, 0.4) is 0 Å². The molecule has 4 nitrogen and oxygen atoms in total. The summed E-state index contributed by atoms with van der Waals surface area (Å²) in [7, 11) is 0. The van der Waals surface area contributed by atoms with Crippen LogP contribution in [0.5, 0.6) is 5.75 Å². The number of ketones is 1. The molecule has 0 radical (unpaired) electrons. The van der Waals surface area contributed by atoms with E-state index in [2.05, 4.69) is 0 Å². The Kier molecular flexibility index (Phi) is 4.64. The second-order valence-corrected chi connectivity index (χ2v) is 6.45. The van der Waals surface area contributed by atoms with Gasteiger partial charge in [0.1, 0.15) is 17.9 Å². The van der Waals surface area contributed by atoms with Crippen LogP contribution in [0, 0.1) is 13.8 Å². The van der Waals surface area contributed by atoms with E-state index in [4.69, 9.17) is 20.8 Å². The zero-order valence-corrected chi connectivity index (χ0v) is 14.9. The number of rotatable bonds is 4. The SMILES string of the molecule is CC(=O)c1cc(Cl)ccc1OCc1cc(=O)oc2cc(C)c(C)cc12. The highest BCUT2D eigenvalue weighted by Gasteiger charge is 2.12. The first kappa shape index (κ1) is 17.2. The lowest BCUT2D eigenvalue weighted by Crippen LogP contribution is -2.06. The Hall–Kier alpha value is -2.59. The van der Waals surface area contributed by atoms with Gasteiger partial charge in [0.15, 0.2) is 5.78 Å². The molecule has 0 saturated carbocycles. The molecule has 0 saturated heterocycles. The second-order valence-electron chi connectivity index (χ2n) is 6.01. The molecule has 0 bridgehead atoms. The number of fused-ring (bicyclic) bond motifs is 1. The highest BCUT2D eigenvalue weighted by atomic mass is 35.5. The molecule has 3 rings (SSSR count). The minimum atomic E-state index is -0.433. The molecule has 0 atom stereocenters. The Labute approximate surface area is 150 Å². The van der Waals surface area contributed by atoms with Gasteiger partial charge in [-0.1, -0.05) is 11.6 Å². The highest BCUT2D eigenvalue weighted by molar-refractivity contribution is 6.31. The van der Waals surface area contributed by atoms with Crippen molar-refractivity contribution in [1.29, 1.82) is 0 Å². The van der Waals surface area contributed by atoms with E-state index in [1.165, 1.54) is 13.0 Å². The topological polar surface area (TPSA) is 56.5 Å². The first-order valence-electron chi connectivity index (χ1n) is 7.82. The van der Waals surface area contributed by atoms with Crippen LogP contribution < -0.4 is 10.4 Å². The Bertz CT molecular complexity index is 1030. The summed E-state index contributed by atoms with van der Waals surface area (Å²) in [6, 6.07) is 10.1. The molecule has 0 N–H and O–H groups in total. The minimum Gasteiger partial charge on any atom is -0.488 e. The number of carbonyl (C=O) groups is 1. The Morgan fingerprint density at radius 1 is 1.12 bits per heavy atom. The summed E-state index contributed by atoms with van der Waals surface area (Å²) < 4.78 is 11.1. The van der Waals surface area contributed by atoms with Crippen LogP contribution in [0.1, 0.15) is 34.0 Å². The Morgan fingerprint density at radius 2 is 1.84 bits per heavy atom. The summed E-state index contributed by atoms with van der Waals surface area (Å²) in [5, 5.41) is 1.29. The summed E-state index contributed by atoms with van der Waals surface area (Å²) in [5.41, 5.74) is 3.35. The third kappa shape index (κ3) is 3.59. The molecule has 25 heavy (non-hydrogen) atoms. The first-order valence-corrected chi connectivity index (χ1v) is 8.20. The van der Waals surface area contributed by atoms with Crippen molar-refractivity contribution in [2.24, 2.45) is 0 Å². The van der Waals surface area contributed by atoms with E-state index in [9.17, 15) is 9.59 Å². The van der Waals surface area contributed by atoms with E-state index in [1.807, 2.05) is 26.0 Å². The van der Waals surface area contributed by atoms with Gasteiger partial charge >= 0.3 is 5.63 Å². The molecule has 128 valence electrons. The molecular weight excluding hydrogens is 340 g/mol. The fourth-order valence-electron chi connectivity index (χ4n) is 2.66. The van der Waals surface area contributed by atoms with Gasteiger partial charge in [-0.3, -0.25) is 4.79 Å². The Balaban J connectivity index is 2.01. The lowest BCUT2D eigenvalue weighted by Gasteiger charge is -2.12. The van der Waals surface area contributed by atoms with Gasteiger partial charge in [-0.25, -0.2) is 4.79 Å². The molecular formula is C20H17ClO4. The Morgan fingerprint density at radius 3 is 2.56 bits per heavy atom. The van der Waals surface area contributed by atoms with E-state index in [0.717, 1.165) is 16.5 Å². The zero-order chi connectivity index (χ0) is 18.1. The smallest absolute Gasteiger partial charge is 0.336 e. The molecule has 2 aromatic carbocycles. The van der Waals surface area contributed by atoms with Crippen molar-refractivity contribution in [1.82, 2.24) is 0 Å². The number of ether oxygens (including phenoxy) is 1. The summed E-state index contributed by atoms with van der Waals surface area (Å²) in [5.74, 6) is 0.295. The van der Waals surface area contributed by atoms with Crippen molar-refractivity contribution < 1.29 is 13.9 Å². The third-order valence-corrected chi connectivity index (χ3v) is 4.38. The van der Waals surface area contributed by atoms with Crippen LogP contribution in [0.2, 0.25) is 5.02 Å². The first-order chi connectivity index (χ1) is 11.8. The number of hydrogen-bond donors (Lipinski definition) is 0. The second kappa shape index (κ2) is 6.73. The molecule has 0 spiro atoms. The molecule has 3 aromatic rings. The molecule has 5 heteroatoms. The lowest BCUT2D eigenvalue weighted by molar-refractivity contribution is 0.101. The van der Waals surface area contributed by atoms with Crippen molar-refractivity contribution in [2.45, 2.75) is 27.4 Å². The maximum Gasteiger partial charge on any atom is 0.336 e. The number of carbonyl (C=O) groups excluding carboxylic acids is 1. The third-order valence-electron chi connectivity index (χ3n) is 4.15. The van der Waals surface area contributed by atoms with Crippen molar-refractivity contribution >= 4 is 28.4 Å². The molecule has 0 aliphatic carbocycles. The number of Topliss-reactive ketones (excluding diaryl/α,β-unsaturated/α-hetero) is 1. The zero-order valence-electron chi connectivity index (χ0n) is 14.2. The monoisotopic (exact) mass is 356 g/mol. The van der Waals surface area contributed by atoms with Crippen LogP contribution >= 0.6 is 11.6 Å². The fraction of sp³-hybridized carbons (Fsp3) is 0.200. The van der Waals surface area contributed by atoms with Crippen molar-refractivity contribution in [3.63, 3.8) is 0 Å². The van der Waals surface area contributed by atoms with Crippen molar-refractivity contribution in [3.05, 3.63) is 74.1 Å². The molecule has 0 unspecified atom stereocenters. The van der Waals surface area contributed by atoms with E-state index < -0.39 is 5.63 Å². The van der Waals surface area contributed by atoms with Gasteiger partial charge in [-0.05, 0) is 62.2 Å². The van der Waals surface area contributed by atoms with Crippen LogP contribution in [0.4, 0.5) is 0 Å². The molecule has 0 aliphatic rings. The van der Waals surface area contributed by atoms with Crippen LogP contribution in [0.15, 0.2) is 45.6 Å². The normalized spacial score (nSPS) is 10.9. The fourth-order valence-corrected chi connectivity index (χ4v) is 2.83. The number of halogens is 1. The summed E-state index contributed by atoms with van der Waals surface area (Å²) in [4.78, 5) is 23.6. The van der Waals surface area contributed by atoms with Gasteiger partial charge < -0.3 is 9.15 Å². The van der Waals surface area contributed by atoms with Crippen LogP contribution in [0.25, 0.3) is 11.0 Å². The standard InChI is InChI=1S/C20H17ClO4/c1-11-6-17-14(8-20(23)25-19(17)7-12(11)2)10-24-18-5-4-15(21)9-16(18)13(3)22/h4-9H,10H2,1-3H3. The van der Waals surface area contributed by atoms with E-state index >= 15 is 0 Å². The molecule has 1 aromatic heterocycles. The van der Waals surface area contributed by atoms with Crippen molar-refractivity contribution in [3.8, 4) is 5.75 Å². The molecule has 0 amide bonds. The van der Waals surface area contributed by atoms with Gasteiger partial charge in [0.05, 0.1) is 5.56 Å². The summed E-state index contributed by atoms with van der Waals surface area (Å²) in [6.07, 6.45) is 0. The van der Waals surface area contributed by atoms with E-state index in [-0.39, 0.29) is 12.4 Å². The maximum atomic E-state index is 11.8. The highest BCUT2D eigenvalue weighted by Crippen LogP contribution is 2.26. The van der Waals surface area contributed by atoms with Crippen molar-refractivity contribution in [2.75, 3.05) is 0 Å². The van der Waals surface area contributed by atoms with Gasteiger partial charge in [-0.15, -0.1) is 0 Å². The predicted molar refractivity (Wildman–Crippen MR) is 97.7 cm³/mol. The van der Waals surface area contributed by atoms with E-state index in [1.54, 1.807) is 18.2 Å². The predicted octanol–water partition coefficient (Wildman–Crippen LogP) is 4.84. The van der Waals surface area contributed by atoms with Gasteiger partial charge in [0, 0.05) is 22.0 Å². The quantitative estimate of drug-likeness (QED) is 0.495. The summed E-state index contributed by atoms with van der Waals surface area (Å²) in [6.45, 7) is 5.56. The number of benzene rings is 2. The average molecular weight is 357 g/mol. The summed E-state index contributed by atoms with van der Waals surface area (Å²) >= 11 is 5.95. The van der Waals surface area contributed by atoms with Crippen LogP contribution in [-0.2, 0) is 6.61 Å². The molecule has 0 fully saturated rings. The number of hydrogen-bond acceptors (Lipinski definition) is 4. The number of aryl methyl sites for hydroxylation is 2. The van der Waals surface area contributed by atoms with E-state index in [0.29, 0.717) is 27.5 Å². The minimum absolute atomic E-state index is 0.138.